The smallest absolute Gasteiger partial charge is 0.246 e. The molecule has 1 amide bonds. The third-order valence-electron chi connectivity index (χ3n) is 1.29. The number of hydrogen-bond acceptors (Lipinski definition) is 2. The lowest BCUT2D eigenvalue weighted by Gasteiger charge is -2.12. The number of carbonyl (C=O) groups is 1. The maximum Gasteiger partial charge on any atom is 0.246 e. The lowest BCUT2D eigenvalue weighted by Crippen LogP contribution is -2.31. The summed E-state index contributed by atoms with van der Waals surface area (Å²) in [6.45, 7) is 4.05. The first-order valence-corrected chi connectivity index (χ1v) is 3.40. The monoisotopic (exact) mass is 145 g/mol. The molecule has 0 bridgehead atoms. The van der Waals surface area contributed by atoms with E-state index >= 15 is 0 Å². The van der Waals surface area contributed by atoms with E-state index in [4.69, 9.17) is 10.5 Å². The molecule has 1 unspecified atom stereocenters. The standard InChI is InChI=1S/C7H15NO2/c1-5(2)4-6(10-3)7(8)9/h5-6H,4H2,1-3H3,(H2,8,9). The molecular formula is C7H15NO2. The summed E-state index contributed by atoms with van der Waals surface area (Å²) in [6, 6.07) is 0. The highest BCUT2D eigenvalue weighted by Gasteiger charge is 2.14. The Hall–Kier alpha value is -0.570. The maximum absolute atomic E-state index is 10.6. The Morgan fingerprint density at radius 3 is 2.20 bits per heavy atom. The average molecular weight is 145 g/mol. The second-order valence-corrected chi connectivity index (χ2v) is 2.76. The summed E-state index contributed by atoms with van der Waals surface area (Å²) < 4.78 is 4.85. The van der Waals surface area contributed by atoms with Gasteiger partial charge in [-0.05, 0) is 12.3 Å². The largest absolute Gasteiger partial charge is 0.372 e. The van der Waals surface area contributed by atoms with E-state index in [-0.39, 0.29) is 5.91 Å². The van der Waals surface area contributed by atoms with E-state index in [9.17, 15) is 4.79 Å². The molecule has 3 nitrogen and oxygen atoms in total. The number of ether oxygens (including phenoxy) is 1. The lowest BCUT2D eigenvalue weighted by atomic mass is 10.1. The minimum absolute atomic E-state index is 0.379. The van der Waals surface area contributed by atoms with Crippen molar-refractivity contribution in [3.8, 4) is 0 Å². The van der Waals surface area contributed by atoms with Crippen molar-refractivity contribution >= 4 is 5.91 Å². The van der Waals surface area contributed by atoms with Crippen LogP contribution in [0.3, 0.4) is 0 Å². The number of amides is 1. The Kier molecular flexibility index (Phi) is 4.03. The van der Waals surface area contributed by atoms with Crippen molar-refractivity contribution in [2.24, 2.45) is 11.7 Å². The predicted molar refractivity (Wildman–Crippen MR) is 39.4 cm³/mol. The topological polar surface area (TPSA) is 52.3 Å². The van der Waals surface area contributed by atoms with E-state index in [2.05, 4.69) is 0 Å². The normalized spacial score (nSPS) is 13.6. The molecule has 0 aliphatic rings. The molecule has 0 aliphatic carbocycles. The Balaban J connectivity index is 3.72. The summed E-state index contributed by atoms with van der Waals surface area (Å²) >= 11 is 0. The van der Waals surface area contributed by atoms with Gasteiger partial charge in [0.1, 0.15) is 6.10 Å². The van der Waals surface area contributed by atoms with Gasteiger partial charge in [-0.3, -0.25) is 4.79 Å². The highest BCUT2D eigenvalue weighted by atomic mass is 16.5. The fourth-order valence-corrected chi connectivity index (χ4v) is 0.757. The summed E-state index contributed by atoms with van der Waals surface area (Å²) in [6.07, 6.45) is 0.284. The summed E-state index contributed by atoms with van der Waals surface area (Å²) in [5.74, 6) is 0.0636. The minimum Gasteiger partial charge on any atom is -0.372 e. The van der Waals surface area contributed by atoms with Gasteiger partial charge in [-0.2, -0.15) is 0 Å². The van der Waals surface area contributed by atoms with E-state index in [1.807, 2.05) is 13.8 Å². The fraction of sp³-hybridized carbons (Fsp3) is 0.857. The van der Waals surface area contributed by atoms with Crippen molar-refractivity contribution in [1.29, 1.82) is 0 Å². The van der Waals surface area contributed by atoms with Crippen LogP contribution in [0, 0.1) is 5.92 Å². The molecule has 0 aromatic rings. The highest BCUT2D eigenvalue weighted by molar-refractivity contribution is 5.78. The number of nitrogens with two attached hydrogens (primary N) is 1. The van der Waals surface area contributed by atoms with Gasteiger partial charge in [0.15, 0.2) is 0 Å². The molecule has 0 rings (SSSR count). The van der Waals surface area contributed by atoms with Crippen molar-refractivity contribution < 1.29 is 9.53 Å². The molecule has 0 heterocycles. The quantitative estimate of drug-likeness (QED) is 0.627. The average Bonchev–Trinajstić information content (AvgIpc) is 1.81. The Bertz CT molecular complexity index is 112. The van der Waals surface area contributed by atoms with Crippen LogP contribution in [0.4, 0.5) is 0 Å². The van der Waals surface area contributed by atoms with Crippen LogP contribution < -0.4 is 5.73 Å². The summed E-state index contributed by atoms with van der Waals surface area (Å²) in [5, 5.41) is 0. The molecule has 0 aliphatic heterocycles. The lowest BCUT2D eigenvalue weighted by molar-refractivity contribution is -0.128. The van der Waals surface area contributed by atoms with Crippen LogP contribution in [-0.4, -0.2) is 19.1 Å². The van der Waals surface area contributed by atoms with Crippen LogP contribution in [0.15, 0.2) is 0 Å². The Morgan fingerprint density at radius 2 is 2.10 bits per heavy atom. The third kappa shape index (κ3) is 3.45. The van der Waals surface area contributed by atoms with Crippen molar-refractivity contribution in [3.05, 3.63) is 0 Å². The van der Waals surface area contributed by atoms with Gasteiger partial charge in [0.05, 0.1) is 0 Å². The molecule has 3 heteroatoms. The van der Waals surface area contributed by atoms with Crippen LogP contribution in [0.1, 0.15) is 20.3 Å². The highest BCUT2D eigenvalue weighted by Crippen LogP contribution is 2.06. The van der Waals surface area contributed by atoms with Gasteiger partial charge in [0.2, 0.25) is 5.91 Å². The van der Waals surface area contributed by atoms with Crippen LogP contribution >= 0.6 is 0 Å². The third-order valence-corrected chi connectivity index (χ3v) is 1.29. The molecule has 10 heavy (non-hydrogen) atoms. The van der Waals surface area contributed by atoms with Crippen LogP contribution in [0.5, 0.6) is 0 Å². The van der Waals surface area contributed by atoms with Crippen molar-refractivity contribution in [2.45, 2.75) is 26.4 Å². The molecule has 60 valence electrons. The second kappa shape index (κ2) is 4.28. The van der Waals surface area contributed by atoms with Crippen LogP contribution in [0.25, 0.3) is 0 Å². The van der Waals surface area contributed by atoms with Gasteiger partial charge in [0.25, 0.3) is 0 Å². The van der Waals surface area contributed by atoms with Gasteiger partial charge in [-0.15, -0.1) is 0 Å². The molecule has 0 saturated heterocycles. The number of hydrogen-bond donors (Lipinski definition) is 1. The molecule has 2 N–H and O–H groups in total. The van der Waals surface area contributed by atoms with E-state index in [1.54, 1.807) is 0 Å². The molecule has 0 aromatic heterocycles. The number of methoxy groups -OCH3 is 1. The summed E-state index contributed by atoms with van der Waals surface area (Å²) in [4.78, 5) is 10.6. The molecule has 0 aromatic carbocycles. The summed E-state index contributed by atoms with van der Waals surface area (Å²) in [5.41, 5.74) is 5.03. The predicted octanol–water partition coefficient (Wildman–Crippen LogP) is 0.533. The van der Waals surface area contributed by atoms with Crippen molar-refractivity contribution in [1.82, 2.24) is 0 Å². The first-order valence-electron chi connectivity index (χ1n) is 3.40. The van der Waals surface area contributed by atoms with Crippen molar-refractivity contribution in [2.75, 3.05) is 7.11 Å². The maximum atomic E-state index is 10.6. The zero-order valence-electron chi connectivity index (χ0n) is 6.76. The van der Waals surface area contributed by atoms with Crippen LogP contribution in [-0.2, 0) is 9.53 Å². The molecule has 0 radical (unpaired) electrons. The minimum atomic E-state index is -0.417. The van der Waals surface area contributed by atoms with Gasteiger partial charge in [0, 0.05) is 7.11 Å². The van der Waals surface area contributed by atoms with Gasteiger partial charge in [-0.1, -0.05) is 13.8 Å². The van der Waals surface area contributed by atoms with E-state index < -0.39 is 6.10 Å². The van der Waals surface area contributed by atoms with E-state index in [0.29, 0.717) is 12.3 Å². The van der Waals surface area contributed by atoms with Crippen molar-refractivity contribution in [3.63, 3.8) is 0 Å². The van der Waals surface area contributed by atoms with E-state index in [1.165, 1.54) is 7.11 Å². The molecule has 0 spiro atoms. The number of rotatable bonds is 4. The first-order chi connectivity index (χ1) is 4.57. The van der Waals surface area contributed by atoms with Gasteiger partial charge < -0.3 is 10.5 Å². The molecule has 1 atom stereocenters. The first kappa shape index (κ1) is 9.43. The SMILES string of the molecule is COC(CC(C)C)C(N)=O. The molecule has 0 fully saturated rings. The van der Waals surface area contributed by atoms with E-state index in [0.717, 1.165) is 0 Å². The summed E-state index contributed by atoms with van der Waals surface area (Å²) in [7, 11) is 1.50. The van der Waals surface area contributed by atoms with Gasteiger partial charge >= 0.3 is 0 Å². The molecular weight excluding hydrogens is 130 g/mol. The number of carbonyl (C=O) groups excluding carboxylic acids is 1. The zero-order chi connectivity index (χ0) is 8.15. The Morgan fingerprint density at radius 1 is 1.60 bits per heavy atom. The zero-order valence-corrected chi connectivity index (χ0v) is 6.76. The molecule has 0 saturated carbocycles. The van der Waals surface area contributed by atoms with Gasteiger partial charge in [-0.25, -0.2) is 0 Å². The van der Waals surface area contributed by atoms with Crippen LogP contribution in [0.2, 0.25) is 0 Å². The fourth-order valence-electron chi connectivity index (χ4n) is 0.757. The number of primary amides is 1. The second-order valence-electron chi connectivity index (χ2n) is 2.76. The Labute approximate surface area is 61.5 Å².